The standard InChI is InChI=1S/C18H32O2/c1-3-4-5-6-7-8-9-10-11-12-13-14-15-16-17-20-18(2)19/h3,16-17H,1,4-15H2,2H3. The third-order valence-corrected chi connectivity index (χ3v) is 3.36. The number of rotatable bonds is 14. The van der Waals surface area contributed by atoms with Crippen LogP contribution in [-0.2, 0) is 9.53 Å². The second-order valence-corrected chi connectivity index (χ2v) is 5.38. The molecule has 0 fully saturated rings. The van der Waals surface area contributed by atoms with Crippen LogP contribution in [0.3, 0.4) is 0 Å². The van der Waals surface area contributed by atoms with Gasteiger partial charge < -0.3 is 4.74 Å². The second-order valence-electron chi connectivity index (χ2n) is 5.38. The van der Waals surface area contributed by atoms with E-state index in [9.17, 15) is 4.79 Å². The number of allylic oxidation sites excluding steroid dienone is 2. The molecule has 0 aliphatic carbocycles. The Kier molecular flexibility index (Phi) is 15.2. The fourth-order valence-electron chi connectivity index (χ4n) is 2.18. The summed E-state index contributed by atoms with van der Waals surface area (Å²) in [5.41, 5.74) is 0. The molecule has 0 amide bonds. The molecule has 0 radical (unpaired) electrons. The molecule has 20 heavy (non-hydrogen) atoms. The van der Waals surface area contributed by atoms with Crippen molar-refractivity contribution in [3.05, 3.63) is 25.0 Å². The highest BCUT2D eigenvalue weighted by Crippen LogP contribution is 2.12. The number of hydrogen-bond acceptors (Lipinski definition) is 2. The summed E-state index contributed by atoms with van der Waals surface area (Å²) >= 11 is 0. The van der Waals surface area contributed by atoms with Crippen molar-refractivity contribution in [1.82, 2.24) is 0 Å². The van der Waals surface area contributed by atoms with Crippen LogP contribution in [0.25, 0.3) is 0 Å². The van der Waals surface area contributed by atoms with Crippen LogP contribution in [0.2, 0.25) is 0 Å². The first-order valence-electron chi connectivity index (χ1n) is 8.20. The van der Waals surface area contributed by atoms with Crippen molar-refractivity contribution < 1.29 is 9.53 Å². The Morgan fingerprint density at radius 1 is 0.850 bits per heavy atom. The second kappa shape index (κ2) is 16.0. The van der Waals surface area contributed by atoms with E-state index in [4.69, 9.17) is 4.74 Å². The zero-order chi connectivity index (χ0) is 14.9. The van der Waals surface area contributed by atoms with E-state index in [0.717, 1.165) is 6.42 Å². The summed E-state index contributed by atoms with van der Waals surface area (Å²) < 4.78 is 4.72. The Morgan fingerprint density at radius 2 is 1.30 bits per heavy atom. The predicted molar refractivity (Wildman–Crippen MR) is 86.5 cm³/mol. The highest BCUT2D eigenvalue weighted by molar-refractivity contribution is 5.66. The number of carbonyl (C=O) groups excluding carboxylic acids is 1. The summed E-state index contributed by atoms with van der Waals surface area (Å²) in [5.74, 6) is -0.245. The van der Waals surface area contributed by atoms with Crippen molar-refractivity contribution in [2.45, 2.75) is 84.0 Å². The predicted octanol–water partition coefficient (Wildman–Crippen LogP) is 5.93. The maximum absolute atomic E-state index is 10.5. The van der Waals surface area contributed by atoms with E-state index in [1.165, 1.54) is 83.8 Å². The molecule has 0 rings (SSSR count). The molecule has 0 aliphatic heterocycles. The molecule has 0 unspecified atom stereocenters. The molecule has 0 saturated heterocycles. The van der Waals surface area contributed by atoms with E-state index in [1.54, 1.807) is 0 Å². The quantitative estimate of drug-likeness (QED) is 0.170. The van der Waals surface area contributed by atoms with Gasteiger partial charge in [-0.15, -0.1) is 6.58 Å². The Morgan fingerprint density at radius 3 is 1.75 bits per heavy atom. The van der Waals surface area contributed by atoms with Crippen LogP contribution < -0.4 is 0 Å². The van der Waals surface area contributed by atoms with Gasteiger partial charge in [-0.25, -0.2) is 0 Å². The topological polar surface area (TPSA) is 26.3 Å². The van der Waals surface area contributed by atoms with E-state index >= 15 is 0 Å². The molecule has 0 spiro atoms. The third kappa shape index (κ3) is 16.9. The van der Waals surface area contributed by atoms with Crippen molar-refractivity contribution in [2.75, 3.05) is 0 Å². The fraction of sp³-hybridized carbons (Fsp3) is 0.722. The molecule has 2 nitrogen and oxygen atoms in total. The van der Waals surface area contributed by atoms with Gasteiger partial charge in [0.05, 0.1) is 6.26 Å². The van der Waals surface area contributed by atoms with Gasteiger partial charge in [0.1, 0.15) is 0 Å². The van der Waals surface area contributed by atoms with Crippen LogP contribution in [0.5, 0.6) is 0 Å². The van der Waals surface area contributed by atoms with Gasteiger partial charge in [-0.1, -0.05) is 57.4 Å². The van der Waals surface area contributed by atoms with Crippen LogP contribution in [0.15, 0.2) is 25.0 Å². The Bertz CT molecular complexity index is 256. The Balaban J connectivity index is 3.04. The molecule has 0 bridgehead atoms. The molecule has 0 aromatic heterocycles. The van der Waals surface area contributed by atoms with E-state index in [1.807, 2.05) is 12.2 Å². The van der Waals surface area contributed by atoms with E-state index in [-0.39, 0.29) is 5.97 Å². The van der Waals surface area contributed by atoms with Gasteiger partial charge in [0.25, 0.3) is 0 Å². The molecule has 2 heteroatoms. The van der Waals surface area contributed by atoms with Crippen LogP contribution >= 0.6 is 0 Å². The molecule has 0 aliphatic rings. The van der Waals surface area contributed by atoms with Crippen LogP contribution in [0.4, 0.5) is 0 Å². The first-order chi connectivity index (χ1) is 9.77. The normalized spacial score (nSPS) is 10.8. The van der Waals surface area contributed by atoms with Gasteiger partial charge in [-0.05, 0) is 31.8 Å². The maximum atomic E-state index is 10.5. The lowest BCUT2D eigenvalue weighted by Crippen LogP contribution is -1.89. The van der Waals surface area contributed by atoms with Gasteiger partial charge in [-0.2, -0.15) is 0 Å². The van der Waals surface area contributed by atoms with Crippen LogP contribution in [0.1, 0.15) is 84.0 Å². The minimum Gasteiger partial charge on any atom is -0.435 e. The van der Waals surface area contributed by atoms with Crippen molar-refractivity contribution in [1.29, 1.82) is 0 Å². The average molecular weight is 280 g/mol. The summed E-state index contributed by atoms with van der Waals surface area (Å²) in [7, 11) is 0. The summed E-state index contributed by atoms with van der Waals surface area (Å²) in [5, 5.41) is 0. The van der Waals surface area contributed by atoms with Gasteiger partial charge >= 0.3 is 5.97 Å². The number of hydrogen-bond donors (Lipinski definition) is 0. The van der Waals surface area contributed by atoms with E-state index in [2.05, 4.69) is 6.58 Å². The maximum Gasteiger partial charge on any atom is 0.307 e. The molecule has 0 atom stereocenters. The Labute approximate surface area is 125 Å². The fourth-order valence-corrected chi connectivity index (χ4v) is 2.18. The lowest BCUT2D eigenvalue weighted by atomic mass is 10.1. The SMILES string of the molecule is C=CCCCCCCCCCCCCC=COC(C)=O. The van der Waals surface area contributed by atoms with Crippen LogP contribution in [-0.4, -0.2) is 5.97 Å². The lowest BCUT2D eigenvalue weighted by Gasteiger charge is -2.01. The summed E-state index contributed by atoms with van der Waals surface area (Å²) in [4.78, 5) is 10.5. The highest BCUT2D eigenvalue weighted by atomic mass is 16.5. The van der Waals surface area contributed by atoms with Gasteiger partial charge in [0.15, 0.2) is 0 Å². The monoisotopic (exact) mass is 280 g/mol. The molecule has 0 heterocycles. The molecular formula is C18H32O2. The smallest absolute Gasteiger partial charge is 0.307 e. The minimum absolute atomic E-state index is 0.245. The first kappa shape index (κ1) is 18.9. The number of carbonyl (C=O) groups is 1. The molecular weight excluding hydrogens is 248 g/mol. The summed E-state index contributed by atoms with van der Waals surface area (Å²) in [6.07, 6.45) is 21.0. The van der Waals surface area contributed by atoms with Gasteiger partial charge in [-0.3, -0.25) is 4.79 Å². The van der Waals surface area contributed by atoms with Crippen LogP contribution in [0, 0.1) is 0 Å². The largest absolute Gasteiger partial charge is 0.435 e. The minimum atomic E-state index is -0.245. The first-order valence-corrected chi connectivity index (χ1v) is 8.20. The molecule has 0 aromatic carbocycles. The average Bonchev–Trinajstić information content (AvgIpc) is 2.43. The number of esters is 1. The van der Waals surface area contributed by atoms with Crippen molar-refractivity contribution in [3.63, 3.8) is 0 Å². The third-order valence-electron chi connectivity index (χ3n) is 3.36. The van der Waals surface area contributed by atoms with E-state index < -0.39 is 0 Å². The Hall–Kier alpha value is -1.05. The van der Waals surface area contributed by atoms with Crippen molar-refractivity contribution in [2.24, 2.45) is 0 Å². The number of unbranched alkanes of at least 4 members (excludes halogenated alkanes) is 11. The molecule has 0 aromatic rings. The van der Waals surface area contributed by atoms with Gasteiger partial charge in [0, 0.05) is 6.92 Å². The molecule has 0 N–H and O–H groups in total. The zero-order valence-corrected chi connectivity index (χ0v) is 13.2. The lowest BCUT2D eigenvalue weighted by molar-refractivity contribution is -0.135. The zero-order valence-electron chi connectivity index (χ0n) is 13.2. The van der Waals surface area contributed by atoms with Crippen molar-refractivity contribution in [3.8, 4) is 0 Å². The van der Waals surface area contributed by atoms with Crippen molar-refractivity contribution >= 4 is 5.97 Å². The summed E-state index contributed by atoms with van der Waals surface area (Å²) in [6.45, 7) is 5.16. The van der Waals surface area contributed by atoms with Gasteiger partial charge in [0.2, 0.25) is 0 Å². The molecule has 0 saturated carbocycles. The molecule has 116 valence electrons. The highest BCUT2D eigenvalue weighted by Gasteiger charge is 1.92. The number of ether oxygens (including phenoxy) is 1. The van der Waals surface area contributed by atoms with E-state index in [0.29, 0.717) is 0 Å². The summed E-state index contributed by atoms with van der Waals surface area (Å²) in [6, 6.07) is 0.